The van der Waals surface area contributed by atoms with E-state index >= 15 is 0 Å². The van der Waals surface area contributed by atoms with E-state index in [2.05, 4.69) is 6.92 Å². The first kappa shape index (κ1) is 8.42. The zero-order chi connectivity index (χ0) is 9.59. The summed E-state index contributed by atoms with van der Waals surface area (Å²) in [6.07, 6.45) is 1.16. The van der Waals surface area contributed by atoms with Gasteiger partial charge in [-0.2, -0.15) is 0 Å². The maximum Gasteiger partial charge on any atom is 0.126 e. The summed E-state index contributed by atoms with van der Waals surface area (Å²) in [4.78, 5) is 0. The van der Waals surface area contributed by atoms with E-state index < -0.39 is 0 Å². The molecule has 0 unspecified atom stereocenters. The van der Waals surface area contributed by atoms with Crippen LogP contribution in [0.25, 0.3) is 0 Å². The molecule has 2 heteroatoms. The van der Waals surface area contributed by atoms with Crippen molar-refractivity contribution in [3.63, 3.8) is 0 Å². The van der Waals surface area contributed by atoms with Crippen LogP contribution in [0, 0.1) is 13.8 Å². The summed E-state index contributed by atoms with van der Waals surface area (Å²) in [7, 11) is 0. The van der Waals surface area contributed by atoms with Crippen LogP contribution in [-0.4, -0.2) is 11.2 Å². The number of fused-ring (bicyclic) bond motifs is 1. The van der Waals surface area contributed by atoms with Gasteiger partial charge in [-0.05, 0) is 38.0 Å². The summed E-state index contributed by atoms with van der Waals surface area (Å²) in [5, 5.41) is 9.59. The van der Waals surface area contributed by atoms with Crippen molar-refractivity contribution in [2.75, 3.05) is 0 Å². The zero-order valence-electron chi connectivity index (χ0n) is 8.22. The molecule has 2 nitrogen and oxygen atoms in total. The normalized spacial score (nSPS) is 19.8. The number of aryl methyl sites for hydroxylation is 1. The predicted octanol–water partition coefficient (Wildman–Crippen LogP) is 2.33. The first-order chi connectivity index (χ1) is 6.09. The molecule has 1 heterocycles. The molecule has 0 saturated heterocycles. The number of aromatic hydroxyl groups is 1. The van der Waals surface area contributed by atoms with Gasteiger partial charge in [0.1, 0.15) is 17.6 Å². The first-order valence-electron chi connectivity index (χ1n) is 4.58. The van der Waals surface area contributed by atoms with Gasteiger partial charge < -0.3 is 9.84 Å². The molecule has 0 amide bonds. The minimum Gasteiger partial charge on any atom is -0.508 e. The van der Waals surface area contributed by atoms with E-state index in [1.807, 2.05) is 13.8 Å². The van der Waals surface area contributed by atoms with Crippen molar-refractivity contribution in [3.8, 4) is 11.5 Å². The second-order valence-electron chi connectivity index (χ2n) is 3.78. The summed E-state index contributed by atoms with van der Waals surface area (Å²) >= 11 is 0. The van der Waals surface area contributed by atoms with Crippen LogP contribution in [0.4, 0.5) is 0 Å². The van der Waals surface area contributed by atoms with Gasteiger partial charge in [-0.1, -0.05) is 0 Å². The fourth-order valence-corrected chi connectivity index (χ4v) is 1.88. The van der Waals surface area contributed by atoms with Crippen LogP contribution in [0.15, 0.2) is 6.07 Å². The number of phenols is 1. The van der Waals surface area contributed by atoms with Gasteiger partial charge in [-0.15, -0.1) is 0 Å². The molecule has 70 valence electrons. The fraction of sp³-hybridized carbons (Fsp3) is 0.455. The highest BCUT2D eigenvalue weighted by molar-refractivity contribution is 5.54. The summed E-state index contributed by atoms with van der Waals surface area (Å²) in [6.45, 7) is 5.96. The van der Waals surface area contributed by atoms with Gasteiger partial charge in [0.2, 0.25) is 0 Å². The quantitative estimate of drug-likeness (QED) is 0.660. The van der Waals surface area contributed by atoms with E-state index in [-0.39, 0.29) is 6.10 Å². The van der Waals surface area contributed by atoms with E-state index in [1.165, 1.54) is 5.56 Å². The third-order valence-corrected chi connectivity index (χ3v) is 2.63. The molecule has 0 spiro atoms. The van der Waals surface area contributed by atoms with E-state index in [1.54, 1.807) is 6.07 Å². The molecular formula is C11H14O2. The smallest absolute Gasteiger partial charge is 0.126 e. The molecule has 1 N–H and O–H groups in total. The highest BCUT2D eigenvalue weighted by atomic mass is 16.5. The van der Waals surface area contributed by atoms with Crippen molar-refractivity contribution in [3.05, 3.63) is 22.8 Å². The lowest BCUT2D eigenvalue weighted by atomic mass is 10.0. The summed E-state index contributed by atoms with van der Waals surface area (Å²) < 4.78 is 5.66. The number of hydrogen-bond donors (Lipinski definition) is 1. The topological polar surface area (TPSA) is 29.5 Å². The third-order valence-electron chi connectivity index (χ3n) is 2.63. The van der Waals surface area contributed by atoms with Gasteiger partial charge in [-0.3, -0.25) is 0 Å². The highest BCUT2D eigenvalue weighted by Crippen LogP contribution is 2.38. The standard InChI is InChI=1S/C11H14O2/c1-6-4-10(12)8(3)9-5-7(2)13-11(6)9/h4,7,12H,5H2,1-3H3/t7-/m0/s1. The second kappa shape index (κ2) is 2.66. The molecule has 1 aromatic rings. The largest absolute Gasteiger partial charge is 0.508 e. The molecular weight excluding hydrogens is 164 g/mol. The molecule has 0 bridgehead atoms. The van der Waals surface area contributed by atoms with Crippen molar-refractivity contribution < 1.29 is 9.84 Å². The van der Waals surface area contributed by atoms with E-state index in [0.717, 1.165) is 23.3 Å². The van der Waals surface area contributed by atoms with Crippen LogP contribution < -0.4 is 4.74 Å². The SMILES string of the molecule is Cc1cc(O)c(C)c2c1O[C@@H](C)C2. The molecule has 0 aromatic heterocycles. The monoisotopic (exact) mass is 178 g/mol. The van der Waals surface area contributed by atoms with Crippen molar-refractivity contribution in [1.29, 1.82) is 0 Å². The predicted molar refractivity (Wildman–Crippen MR) is 51.4 cm³/mol. The molecule has 0 fully saturated rings. The van der Waals surface area contributed by atoms with Gasteiger partial charge >= 0.3 is 0 Å². The first-order valence-corrected chi connectivity index (χ1v) is 4.58. The minimum absolute atomic E-state index is 0.245. The van der Waals surface area contributed by atoms with Gasteiger partial charge in [0, 0.05) is 12.0 Å². The Morgan fingerprint density at radius 2 is 2.15 bits per heavy atom. The van der Waals surface area contributed by atoms with Crippen molar-refractivity contribution >= 4 is 0 Å². The molecule has 2 rings (SSSR count). The minimum atomic E-state index is 0.245. The number of hydrogen-bond acceptors (Lipinski definition) is 2. The van der Waals surface area contributed by atoms with Crippen molar-refractivity contribution in [1.82, 2.24) is 0 Å². The van der Waals surface area contributed by atoms with Crippen LogP contribution >= 0.6 is 0 Å². The summed E-state index contributed by atoms with van der Waals surface area (Å²) in [6, 6.07) is 1.77. The fourth-order valence-electron chi connectivity index (χ4n) is 1.88. The number of rotatable bonds is 0. The van der Waals surface area contributed by atoms with Gasteiger partial charge in [-0.25, -0.2) is 0 Å². The maximum absolute atomic E-state index is 9.59. The Morgan fingerprint density at radius 3 is 2.85 bits per heavy atom. The Balaban J connectivity index is 2.62. The maximum atomic E-state index is 9.59. The van der Waals surface area contributed by atoms with Crippen molar-refractivity contribution in [2.45, 2.75) is 33.3 Å². The van der Waals surface area contributed by atoms with Crippen molar-refractivity contribution in [2.24, 2.45) is 0 Å². The molecule has 1 aromatic carbocycles. The number of benzene rings is 1. The Labute approximate surface area is 78.2 Å². The van der Waals surface area contributed by atoms with Crippen LogP contribution in [0.2, 0.25) is 0 Å². The molecule has 0 saturated carbocycles. The molecule has 0 aliphatic carbocycles. The van der Waals surface area contributed by atoms with E-state index in [9.17, 15) is 5.11 Å². The average molecular weight is 178 g/mol. The van der Waals surface area contributed by atoms with Crippen LogP contribution in [0.5, 0.6) is 11.5 Å². The van der Waals surface area contributed by atoms with Crippen LogP contribution in [0.1, 0.15) is 23.6 Å². The number of ether oxygens (including phenoxy) is 1. The molecule has 1 atom stereocenters. The summed E-state index contributed by atoms with van der Waals surface area (Å²) in [5.41, 5.74) is 3.16. The molecule has 1 aliphatic heterocycles. The molecule has 1 aliphatic rings. The molecule has 0 radical (unpaired) electrons. The van der Waals surface area contributed by atoms with Crippen LogP contribution in [-0.2, 0) is 6.42 Å². The van der Waals surface area contributed by atoms with Gasteiger partial charge in [0.05, 0.1) is 0 Å². The second-order valence-corrected chi connectivity index (χ2v) is 3.78. The third kappa shape index (κ3) is 1.17. The van der Waals surface area contributed by atoms with E-state index in [4.69, 9.17) is 4.74 Å². The lowest BCUT2D eigenvalue weighted by Gasteiger charge is -2.08. The van der Waals surface area contributed by atoms with Crippen LogP contribution in [0.3, 0.4) is 0 Å². The van der Waals surface area contributed by atoms with E-state index in [0.29, 0.717) is 5.75 Å². The zero-order valence-corrected chi connectivity index (χ0v) is 8.22. The van der Waals surface area contributed by atoms with Gasteiger partial charge in [0.15, 0.2) is 0 Å². The Bertz CT molecular complexity index is 356. The number of phenolic OH excluding ortho intramolecular Hbond substituents is 1. The van der Waals surface area contributed by atoms with Gasteiger partial charge in [0.25, 0.3) is 0 Å². The Hall–Kier alpha value is -1.18. The lowest BCUT2D eigenvalue weighted by molar-refractivity contribution is 0.253. The summed E-state index contributed by atoms with van der Waals surface area (Å²) in [5.74, 6) is 1.36. The Kier molecular flexibility index (Phi) is 1.72. The average Bonchev–Trinajstić information content (AvgIpc) is 2.44. The Morgan fingerprint density at radius 1 is 1.46 bits per heavy atom. The molecule has 13 heavy (non-hydrogen) atoms. The lowest BCUT2D eigenvalue weighted by Crippen LogP contribution is -2.05. The highest BCUT2D eigenvalue weighted by Gasteiger charge is 2.24.